The van der Waals surface area contributed by atoms with Crippen molar-refractivity contribution >= 4 is 11.9 Å². The average molecular weight is 288 g/mol. The zero-order chi connectivity index (χ0) is 14.8. The van der Waals surface area contributed by atoms with Crippen LogP contribution in [0.2, 0.25) is 0 Å². The van der Waals surface area contributed by atoms with Crippen molar-refractivity contribution in [1.82, 2.24) is 10.2 Å². The lowest BCUT2D eigenvalue weighted by Crippen LogP contribution is -2.51. The van der Waals surface area contributed by atoms with Crippen LogP contribution in [0.25, 0.3) is 0 Å². The highest BCUT2D eigenvalue weighted by Crippen LogP contribution is 2.27. The lowest BCUT2D eigenvalue weighted by molar-refractivity contribution is -0.151. The molecule has 1 aromatic rings. The number of carbonyl (C=O) groups excluding carboxylic acids is 1. The standard InChI is InChI=1S/C16H20N2O3/c19-15(9-17-8-11-5-6-11)18-10-13-4-2-1-3-12(13)7-14(18)16(20)21/h1-4,11,14,17H,5-10H2,(H,20,21)/t14-/m0/s1. The highest BCUT2D eigenvalue weighted by Gasteiger charge is 2.34. The smallest absolute Gasteiger partial charge is 0.326 e. The highest BCUT2D eigenvalue weighted by atomic mass is 16.4. The molecule has 1 aliphatic carbocycles. The number of carboxylic acids is 1. The second kappa shape index (κ2) is 5.85. The molecule has 1 aromatic carbocycles. The molecule has 2 N–H and O–H groups in total. The quantitative estimate of drug-likeness (QED) is 0.849. The summed E-state index contributed by atoms with van der Waals surface area (Å²) < 4.78 is 0. The Morgan fingerprint density at radius 2 is 1.95 bits per heavy atom. The summed E-state index contributed by atoms with van der Waals surface area (Å²) in [5.41, 5.74) is 2.07. The van der Waals surface area contributed by atoms with Gasteiger partial charge in [0.2, 0.25) is 5.91 Å². The molecule has 0 spiro atoms. The minimum Gasteiger partial charge on any atom is -0.480 e. The van der Waals surface area contributed by atoms with Crippen LogP contribution in [0, 0.1) is 5.92 Å². The summed E-state index contributed by atoms with van der Waals surface area (Å²) in [5, 5.41) is 12.5. The van der Waals surface area contributed by atoms with Crippen LogP contribution in [0.1, 0.15) is 24.0 Å². The molecule has 2 aliphatic rings. The van der Waals surface area contributed by atoms with E-state index in [1.54, 1.807) is 0 Å². The Bertz CT molecular complexity index is 554. The van der Waals surface area contributed by atoms with E-state index in [2.05, 4.69) is 5.32 Å². The summed E-state index contributed by atoms with van der Waals surface area (Å²) in [4.78, 5) is 25.3. The van der Waals surface area contributed by atoms with Crippen molar-refractivity contribution in [3.63, 3.8) is 0 Å². The van der Waals surface area contributed by atoms with Gasteiger partial charge in [0.25, 0.3) is 0 Å². The molecule has 1 atom stereocenters. The van der Waals surface area contributed by atoms with Gasteiger partial charge in [-0.2, -0.15) is 0 Å². The molecule has 1 amide bonds. The molecule has 0 aromatic heterocycles. The summed E-state index contributed by atoms with van der Waals surface area (Å²) in [6.07, 6.45) is 2.85. The molecular weight excluding hydrogens is 268 g/mol. The van der Waals surface area contributed by atoms with Crippen molar-refractivity contribution in [2.45, 2.75) is 31.8 Å². The molecule has 0 bridgehead atoms. The SMILES string of the molecule is O=C(O)[C@@H]1Cc2ccccc2CN1C(=O)CNCC1CC1. The number of hydrogen-bond acceptors (Lipinski definition) is 3. The number of nitrogens with zero attached hydrogens (tertiary/aromatic N) is 1. The fraction of sp³-hybridized carbons (Fsp3) is 0.500. The molecule has 3 rings (SSSR count). The number of benzene rings is 1. The first-order chi connectivity index (χ1) is 10.1. The lowest BCUT2D eigenvalue weighted by Gasteiger charge is -2.34. The van der Waals surface area contributed by atoms with Gasteiger partial charge in [-0.15, -0.1) is 0 Å². The molecule has 0 radical (unpaired) electrons. The molecule has 112 valence electrons. The first kappa shape index (κ1) is 14.1. The summed E-state index contributed by atoms with van der Waals surface area (Å²) in [6.45, 7) is 1.47. The topological polar surface area (TPSA) is 69.6 Å². The van der Waals surface area contributed by atoms with Crippen molar-refractivity contribution < 1.29 is 14.7 Å². The Balaban J connectivity index is 1.68. The Morgan fingerprint density at radius 1 is 1.24 bits per heavy atom. The van der Waals surface area contributed by atoms with Gasteiger partial charge in [-0.05, 0) is 36.4 Å². The Labute approximate surface area is 123 Å². The molecule has 5 nitrogen and oxygen atoms in total. The molecule has 5 heteroatoms. The maximum Gasteiger partial charge on any atom is 0.326 e. The van der Waals surface area contributed by atoms with Gasteiger partial charge in [0.15, 0.2) is 0 Å². The molecule has 1 fully saturated rings. The van der Waals surface area contributed by atoms with Gasteiger partial charge in [-0.25, -0.2) is 4.79 Å². The van der Waals surface area contributed by atoms with Crippen LogP contribution in [-0.4, -0.2) is 41.0 Å². The molecular formula is C16H20N2O3. The number of carbonyl (C=O) groups is 2. The maximum atomic E-state index is 12.3. The number of rotatable bonds is 5. The van der Waals surface area contributed by atoms with E-state index in [0.29, 0.717) is 18.9 Å². The molecule has 1 heterocycles. The van der Waals surface area contributed by atoms with Gasteiger partial charge < -0.3 is 15.3 Å². The normalized spacial score (nSPS) is 21.0. The highest BCUT2D eigenvalue weighted by molar-refractivity contribution is 5.85. The van der Waals surface area contributed by atoms with Gasteiger partial charge in [-0.3, -0.25) is 4.79 Å². The van der Waals surface area contributed by atoms with Crippen molar-refractivity contribution in [2.24, 2.45) is 5.92 Å². The number of carboxylic acid groups (broad SMARTS) is 1. The van der Waals surface area contributed by atoms with Gasteiger partial charge in [0, 0.05) is 13.0 Å². The van der Waals surface area contributed by atoms with Gasteiger partial charge in [0.1, 0.15) is 6.04 Å². The lowest BCUT2D eigenvalue weighted by atomic mass is 9.94. The zero-order valence-electron chi connectivity index (χ0n) is 11.9. The Hall–Kier alpha value is -1.88. The second-order valence-electron chi connectivity index (χ2n) is 5.92. The number of nitrogens with one attached hydrogen (secondary N) is 1. The van der Waals surface area contributed by atoms with Gasteiger partial charge in [0.05, 0.1) is 6.54 Å². The van der Waals surface area contributed by atoms with E-state index in [4.69, 9.17) is 0 Å². The van der Waals surface area contributed by atoms with Crippen molar-refractivity contribution in [1.29, 1.82) is 0 Å². The van der Waals surface area contributed by atoms with E-state index in [9.17, 15) is 14.7 Å². The summed E-state index contributed by atoms with van der Waals surface area (Å²) in [7, 11) is 0. The second-order valence-corrected chi connectivity index (χ2v) is 5.92. The summed E-state index contributed by atoms with van der Waals surface area (Å²) in [6, 6.07) is 6.99. The first-order valence-corrected chi connectivity index (χ1v) is 7.45. The predicted octanol–water partition coefficient (Wildman–Crippen LogP) is 1.02. The van der Waals surface area contributed by atoms with Crippen LogP contribution >= 0.6 is 0 Å². The summed E-state index contributed by atoms with van der Waals surface area (Å²) in [5.74, 6) is -0.354. The maximum absolute atomic E-state index is 12.3. The van der Waals surface area contributed by atoms with Gasteiger partial charge >= 0.3 is 5.97 Å². The average Bonchev–Trinajstić information content (AvgIpc) is 3.30. The number of amides is 1. The van der Waals surface area contributed by atoms with E-state index in [-0.39, 0.29) is 12.5 Å². The van der Waals surface area contributed by atoms with Crippen LogP contribution in [-0.2, 0) is 22.6 Å². The fourth-order valence-electron chi connectivity index (χ4n) is 2.81. The van der Waals surface area contributed by atoms with Crippen LogP contribution in [0.4, 0.5) is 0 Å². The predicted molar refractivity (Wildman–Crippen MR) is 77.7 cm³/mol. The van der Waals surface area contributed by atoms with E-state index in [1.165, 1.54) is 17.7 Å². The van der Waals surface area contributed by atoms with E-state index >= 15 is 0 Å². The van der Waals surface area contributed by atoms with Crippen LogP contribution in [0.3, 0.4) is 0 Å². The Kier molecular flexibility index (Phi) is 3.92. The van der Waals surface area contributed by atoms with E-state index in [0.717, 1.165) is 17.7 Å². The van der Waals surface area contributed by atoms with Crippen molar-refractivity contribution in [3.05, 3.63) is 35.4 Å². The third-order valence-electron chi connectivity index (χ3n) is 4.26. The zero-order valence-corrected chi connectivity index (χ0v) is 11.9. The number of fused-ring (bicyclic) bond motifs is 1. The van der Waals surface area contributed by atoms with E-state index in [1.807, 2.05) is 24.3 Å². The number of aliphatic carboxylic acids is 1. The van der Waals surface area contributed by atoms with Gasteiger partial charge in [-0.1, -0.05) is 24.3 Å². The monoisotopic (exact) mass is 288 g/mol. The first-order valence-electron chi connectivity index (χ1n) is 7.45. The molecule has 1 saturated carbocycles. The summed E-state index contributed by atoms with van der Waals surface area (Å²) >= 11 is 0. The number of hydrogen-bond donors (Lipinski definition) is 2. The molecule has 0 unspecified atom stereocenters. The molecule has 21 heavy (non-hydrogen) atoms. The Morgan fingerprint density at radius 3 is 2.62 bits per heavy atom. The third kappa shape index (κ3) is 3.24. The minimum atomic E-state index is -0.931. The van der Waals surface area contributed by atoms with Crippen LogP contribution in [0.5, 0.6) is 0 Å². The molecule has 1 aliphatic heterocycles. The fourth-order valence-corrected chi connectivity index (χ4v) is 2.81. The third-order valence-corrected chi connectivity index (χ3v) is 4.26. The van der Waals surface area contributed by atoms with Crippen molar-refractivity contribution in [2.75, 3.05) is 13.1 Å². The van der Waals surface area contributed by atoms with Crippen LogP contribution < -0.4 is 5.32 Å². The largest absolute Gasteiger partial charge is 0.480 e. The van der Waals surface area contributed by atoms with E-state index < -0.39 is 12.0 Å². The molecule has 0 saturated heterocycles. The van der Waals surface area contributed by atoms with Crippen LogP contribution in [0.15, 0.2) is 24.3 Å². The van der Waals surface area contributed by atoms with Crippen molar-refractivity contribution in [3.8, 4) is 0 Å². The minimum absolute atomic E-state index is 0.127.